The van der Waals surface area contributed by atoms with E-state index in [1.165, 1.54) is 6.42 Å². The zero-order valence-electron chi connectivity index (χ0n) is 24.0. The van der Waals surface area contributed by atoms with Crippen molar-refractivity contribution in [3.05, 3.63) is 23.8 Å². The first-order chi connectivity index (χ1) is 20.2. The summed E-state index contributed by atoms with van der Waals surface area (Å²) in [4.78, 5) is 19.7. The second kappa shape index (κ2) is 11.9. The van der Waals surface area contributed by atoms with Crippen molar-refractivity contribution in [3.63, 3.8) is 0 Å². The van der Waals surface area contributed by atoms with E-state index >= 15 is 4.39 Å². The Kier molecular flexibility index (Phi) is 8.42. The number of carbonyl (C=O) groups is 1. The van der Waals surface area contributed by atoms with Gasteiger partial charge in [-0.3, -0.25) is 9.69 Å². The van der Waals surface area contributed by atoms with Crippen LogP contribution in [0.5, 0.6) is 0 Å². The van der Waals surface area contributed by atoms with E-state index in [-0.39, 0.29) is 22.3 Å². The normalized spacial score (nSPS) is 28.6. The van der Waals surface area contributed by atoms with Gasteiger partial charge in [-0.1, -0.05) is 44.9 Å². The standard InChI is InChI=1S/C28H42F2N8O3S/c29-19-16-32-26-22(25(31)35-38(26)18-19)27(39)34-21-17-33-28(10-6-4-2-1-3-5-7-11-28)24(30)23(21)36-12-14-37(15-13-36)42(40,41)20-8-9-20/h16,18,20-21,23-24,33H,1-15,17H2,(H2,31,35)(H,34,39). The Balaban J connectivity index is 1.26. The summed E-state index contributed by atoms with van der Waals surface area (Å²) in [6.45, 7) is 1.75. The van der Waals surface area contributed by atoms with Crippen LogP contribution in [-0.2, 0) is 10.0 Å². The van der Waals surface area contributed by atoms with Crippen molar-refractivity contribution in [2.75, 3.05) is 38.5 Å². The van der Waals surface area contributed by atoms with Crippen LogP contribution in [0.3, 0.4) is 0 Å². The van der Waals surface area contributed by atoms with Gasteiger partial charge >= 0.3 is 0 Å². The third-order valence-electron chi connectivity index (χ3n) is 9.67. The van der Waals surface area contributed by atoms with E-state index in [0.29, 0.717) is 45.6 Å². The molecule has 2 saturated carbocycles. The molecule has 2 saturated heterocycles. The van der Waals surface area contributed by atoms with Crippen LogP contribution < -0.4 is 16.4 Å². The van der Waals surface area contributed by atoms with E-state index in [1.54, 1.807) is 4.31 Å². The Morgan fingerprint density at radius 2 is 1.69 bits per heavy atom. The van der Waals surface area contributed by atoms with Gasteiger partial charge in [0.2, 0.25) is 10.0 Å². The number of carbonyl (C=O) groups excluding carboxylic acids is 1. The van der Waals surface area contributed by atoms with Crippen LogP contribution in [0.2, 0.25) is 0 Å². The monoisotopic (exact) mass is 608 g/mol. The summed E-state index contributed by atoms with van der Waals surface area (Å²) < 4.78 is 59.3. The molecule has 6 rings (SSSR count). The molecule has 1 amide bonds. The van der Waals surface area contributed by atoms with Crippen LogP contribution in [0.15, 0.2) is 12.4 Å². The van der Waals surface area contributed by atoms with Gasteiger partial charge < -0.3 is 16.4 Å². The molecule has 14 heteroatoms. The van der Waals surface area contributed by atoms with Crippen molar-refractivity contribution in [1.29, 1.82) is 0 Å². The van der Waals surface area contributed by atoms with E-state index in [0.717, 1.165) is 68.3 Å². The van der Waals surface area contributed by atoms with Crippen molar-refractivity contribution < 1.29 is 22.0 Å². The Morgan fingerprint density at radius 1 is 1.05 bits per heavy atom. The van der Waals surface area contributed by atoms with Crippen molar-refractivity contribution >= 4 is 27.4 Å². The number of fused-ring (bicyclic) bond motifs is 1. The quantitative estimate of drug-likeness (QED) is 0.470. The van der Waals surface area contributed by atoms with Crippen molar-refractivity contribution in [3.8, 4) is 0 Å². The number of hydrogen-bond donors (Lipinski definition) is 3. The summed E-state index contributed by atoms with van der Waals surface area (Å²) >= 11 is 0. The number of alkyl halides is 1. The fraction of sp³-hybridized carbons (Fsp3) is 0.750. The number of nitrogens with two attached hydrogens (primary N) is 1. The number of hydrogen-bond acceptors (Lipinski definition) is 8. The highest BCUT2D eigenvalue weighted by Crippen LogP contribution is 2.38. The zero-order chi connectivity index (χ0) is 29.5. The minimum absolute atomic E-state index is 0.0171. The average Bonchev–Trinajstić information content (AvgIpc) is 3.78. The number of nitrogen functional groups attached to an aromatic ring is 1. The second-order valence-electron chi connectivity index (χ2n) is 12.5. The number of sulfonamides is 1. The second-order valence-corrected chi connectivity index (χ2v) is 14.7. The molecule has 2 aromatic heterocycles. The van der Waals surface area contributed by atoms with Crippen LogP contribution in [0.25, 0.3) is 5.65 Å². The lowest BCUT2D eigenvalue weighted by Crippen LogP contribution is -2.74. The molecular formula is C28H42F2N8O3S. The van der Waals surface area contributed by atoms with Gasteiger partial charge in [-0.05, 0) is 25.7 Å². The first kappa shape index (κ1) is 29.6. The Hall–Kier alpha value is -2.42. The van der Waals surface area contributed by atoms with Gasteiger partial charge in [-0.15, -0.1) is 5.10 Å². The highest BCUT2D eigenvalue weighted by molar-refractivity contribution is 7.90. The SMILES string of the molecule is Nc1nn2cc(F)cnc2c1C(=O)NC1CNC2(CCCCCCCCC2)C(F)C1N1CCN(S(=O)(=O)C2CC2)CC1. The van der Waals surface area contributed by atoms with Crippen LogP contribution in [-0.4, -0.2) is 99.9 Å². The van der Waals surface area contributed by atoms with Crippen LogP contribution in [0.4, 0.5) is 14.6 Å². The van der Waals surface area contributed by atoms with Gasteiger partial charge in [0.1, 0.15) is 11.7 Å². The van der Waals surface area contributed by atoms with Crippen LogP contribution in [0, 0.1) is 5.82 Å². The largest absolute Gasteiger partial charge is 0.381 e. The van der Waals surface area contributed by atoms with Gasteiger partial charge in [0.05, 0.1) is 35.3 Å². The molecule has 4 N–H and O–H groups in total. The predicted octanol–water partition coefficient (Wildman–Crippen LogP) is 2.23. The molecule has 0 bridgehead atoms. The zero-order valence-corrected chi connectivity index (χ0v) is 24.8. The van der Waals surface area contributed by atoms with Crippen molar-refractivity contribution in [2.24, 2.45) is 0 Å². The van der Waals surface area contributed by atoms with E-state index in [4.69, 9.17) is 5.73 Å². The molecule has 1 spiro atoms. The Morgan fingerprint density at radius 3 is 2.33 bits per heavy atom. The highest BCUT2D eigenvalue weighted by atomic mass is 32.2. The number of amides is 1. The van der Waals surface area contributed by atoms with Crippen molar-refractivity contribution in [2.45, 2.75) is 99.7 Å². The molecule has 2 aliphatic heterocycles. The Labute approximate surface area is 245 Å². The predicted molar refractivity (Wildman–Crippen MR) is 155 cm³/mol. The summed E-state index contributed by atoms with van der Waals surface area (Å²) in [6.07, 6.45) is 11.2. The molecule has 4 fully saturated rings. The number of piperidine rings is 1. The third kappa shape index (κ3) is 5.74. The highest BCUT2D eigenvalue weighted by Gasteiger charge is 2.52. The molecule has 0 aromatic carbocycles. The smallest absolute Gasteiger partial charge is 0.259 e. The summed E-state index contributed by atoms with van der Waals surface area (Å²) in [7, 11) is -3.32. The number of anilines is 1. The fourth-order valence-electron chi connectivity index (χ4n) is 7.20. The maximum absolute atomic E-state index is 17.1. The third-order valence-corrected chi connectivity index (χ3v) is 12.1. The number of aromatic nitrogens is 3. The summed E-state index contributed by atoms with van der Waals surface area (Å²) in [5.74, 6) is -1.26. The maximum atomic E-state index is 17.1. The molecule has 3 unspecified atom stereocenters. The number of halogens is 2. The first-order valence-corrected chi connectivity index (χ1v) is 16.9. The number of piperazine rings is 1. The lowest BCUT2D eigenvalue weighted by molar-refractivity contribution is -0.0272. The molecule has 4 aliphatic rings. The summed E-state index contributed by atoms with van der Waals surface area (Å²) in [5, 5.41) is 10.3. The Bertz CT molecular complexity index is 1380. The number of rotatable bonds is 5. The van der Waals surface area contributed by atoms with Gasteiger partial charge in [-0.2, -0.15) is 4.31 Å². The lowest BCUT2D eigenvalue weighted by Gasteiger charge is -2.53. The van der Waals surface area contributed by atoms with Crippen LogP contribution in [0.1, 0.15) is 81.0 Å². The fourth-order valence-corrected chi connectivity index (χ4v) is 9.03. The van der Waals surface area contributed by atoms with Gasteiger partial charge in [0.15, 0.2) is 17.3 Å². The van der Waals surface area contributed by atoms with E-state index in [9.17, 15) is 17.6 Å². The molecule has 42 heavy (non-hydrogen) atoms. The average molecular weight is 609 g/mol. The molecule has 11 nitrogen and oxygen atoms in total. The summed E-state index contributed by atoms with van der Waals surface area (Å²) in [6, 6.07) is -1.27. The minimum atomic E-state index is -3.32. The van der Waals surface area contributed by atoms with Crippen LogP contribution >= 0.6 is 0 Å². The van der Waals surface area contributed by atoms with E-state index in [1.807, 2.05) is 4.90 Å². The molecule has 2 aliphatic carbocycles. The van der Waals surface area contributed by atoms with Gasteiger partial charge in [0.25, 0.3) is 5.91 Å². The topological polar surface area (TPSA) is 138 Å². The first-order valence-electron chi connectivity index (χ1n) is 15.4. The molecule has 2 aromatic rings. The molecular weight excluding hydrogens is 566 g/mol. The van der Waals surface area contributed by atoms with Gasteiger partial charge in [0, 0.05) is 32.7 Å². The van der Waals surface area contributed by atoms with Crippen molar-refractivity contribution in [1.82, 2.24) is 34.4 Å². The number of nitrogens with zero attached hydrogens (tertiary/aromatic N) is 5. The van der Waals surface area contributed by atoms with E-state index < -0.39 is 45.5 Å². The molecule has 3 atom stereocenters. The molecule has 0 radical (unpaired) electrons. The minimum Gasteiger partial charge on any atom is -0.381 e. The lowest BCUT2D eigenvalue weighted by atomic mass is 9.74. The molecule has 232 valence electrons. The van der Waals surface area contributed by atoms with Gasteiger partial charge in [-0.25, -0.2) is 26.7 Å². The molecule has 4 heterocycles. The summed E-state index contributed by atoms with van der Waals surface area (Å²) in [5.41, 5.74) is 5.48. The maximum Gasteiger partial charge on any atom is 0.259 e. The van der Waals surface area contributed by atoms with E-state index in [2.05, 4.69) is 20.7 Å². The number of nitrogens with one attached hydrogen (secondary N) is 2.